The summed E-state index contributed by atoms with van der Waals surface area (Å²) in [5.41, 5.74) is 0. The van der Waals surface area contributed by atoms with Gasteiger partial charge in [0.15, 0.2) is 0 Å². The molecule has 0 saturated carbocycles. The van der Waals surface area contributed by atoms with Gasteiger partial charge in [-0.1, -0.05) is 6.92 Å². The summed E-state index contributed by atoms with van der Waals surface area (Å²) in [6.07, 6.45) is 1.86. The first-order valence-corrected chi connectivity index (χ1v) is 7.38. The SMILES string of the molecule is CC(C)N1CCOCC1.CCN1C[C@H]2C[C@@H]1CO2. The lowest BCUT2D eigenvalue weighted by Gasteiger charge is -2.29. The molecule has 0 aliphatic carbocycles. The molecule has 0 radical (unpaired) electrons. The third-order valence-corrected chi connectivity index (χ3v) is 4.20. The molecule has 3 aliphatic heterocycles. The van der Waals surface area contributed by atoms with Gasteiger partial charge in [-0.25, -0.2) is 0 Å². The van der Waals surface area contributed by atoms with Gasteiger partial charge >= 0.3 is 0 Å². The zero-order valence-corrected chi connectivity index (χ0v) is 12.1. The largest absolute Gasteiger partial charge is 0.379 e. The van der Waals surface area contributed by atoms with Crippen LogP contribution in [0.2, 0.25) is 0 Å². The quantitative estimate of drug-likeness (QED) is 0.741. The maximum Gasteiger partial charge on any atom is 0.0718 e. The number of ether oxygens (including phenoxy) is 2. The first-order valence-electron chi connectivity index (χ1n) is 7.38. The van der Waals surface area contributed by atoms with Gasteiger partial charge in [0.1, 0.15) is 0 Å². The fourth-order valence-electron chi connectivity index (χ4n) is 2.96. The lowest BCUT2D eigenvalue weighted by Crippen LogP contribution is -2.40. The van der Waals surface area contributed by atoms with E-state index in [0.717, 1.165) is 39.0 Å². The molecule has 4 heteroatoms. The Bertz CT molecular complexity index is 242. The number of fused-ring (bicyclic) bond motifs is 2. The van der Waals surface area contributed by atoms with Crippen LogP contribution in [-0.2, 0) is 9.47 Å². The number of likely N-dealkylation sites (tertiary alicyclic amines) is 1. The number of likely N-dealkylation sites (N-methyl/N-ethyl adjacent to an activating group) is 1. The molecule has 106 valence electrons. The summed E-state index contributed by atoms with van der Waals surface area (Å²) in [5.74, 6) is 0. The van der Waals surface area contributed by atoms with Gasteiger partial charge in [-0.3, -0.25) is 9.80 Å². The monoisotopic (exact) mass is 256 g/mol. The van der Waals surface area contributed by atoms with Crippen molar-refractivity contribution in [2.24, 2.45) is 0 Å². The van der Waals surface area contributed by atoms with Crippen molar-refractivity contribution in [2.75, 3.05) is 46.0 Å². The number of hydrogen-bond donors (Lipinski definition) is 0. The van der Waals surface area contributed by atoms with Crippen LogP contribution in [0.25, 0.3) is 0 Å². The first kappa shape index (κ1) is 14.3. The van der Waals surface area contributed by atoms with Gasteiger partial charge in [0.25, 0.3) is 0 Å². The molecule has 18 heavy (non-hydrogen) atoms. The van der Waals surface area contributed by atoms with Gasteiger partial charge < -0.3 is 9.47 Å². The average molecular weight is 256 g/mol. The second-order valence-corrected chi connectivity index (χ2v) is 5.67. The van der Waals surface area contributed by atoms with Crippen molar-refractivity contribution >= 4 is 0 Å². The summed E-state index contributed by atoms with van der Waals surface area (Å²) < 4.78 is 10.7. The normalized spacial score (nSPS) is 32.7. The second-order valence-electron chi connectivity index (χ2n) is 5.67. The zero-order valence-electron chi connectivity index (χ0n) is 12.1. The zero-order chi connectivity index (χ0) is 13.0. The predicted molar refractivity (Wildman–Crippen MR) is 72.9 cm³/mol. The molecule has 3 rings (SSSR count). The average Bonchev–Trinajstić information content (AvgIpc) is 3.02. The van der Waals surface area contributed by atoms with Gasteiger partial charge in [0, 0.05) is 31.7 Å². The first-order chi connectivity index (χ1) is 8.70. The Balaban J connectivity index is 0.000000134. The molecule has 3 aliphatic rings. The molecular weight excluding hydrogens is 228 g/mol. The van der Waals surface area contributed by atoms with Crippen LogP contribution < -0.4 is 0 Å². The molecule has 0 aromatic rings. The molecule has 0 unspecified atom stereocenters. The number of hydrogen-bond acceptors (Lipinski definition) is 4. The maximum atomic E-state index is 5.44. The fourth-order valence-corrected chi connectivity index (χ4v) is 2.96. The third-order valence-electron chi connectivity index (χ3n) is 4.20. The van der Waals surface area contributed by atoms with E-state index in [1.165, 1.54) is 19.5 Å². The van der Waals surface area contributed by atoms with Crippen LogP contribution in [0.4, 0.5) is 0 Å². The van der Waals surface area contributed by atoms with Crippen molar-refractivity contribution in [2.45, 2.75) is 45.4 Å². The molecule has 0 amide bonds. The minimum Gasteiger partial charge on any atom is -0.379 e. The van der Waals surface area contributed by atoms with Gasteiger partial charge in [-0.05, 0) is 26.8 Å². The lowest BCUT2D eigenvalue weighted by atomic mass is 10.2. The van der Waals surface area contributed by atoms with Crippen molar-refractivity contribution in [3.05, 3.63) is 0 Å². The van der Waals surface area contributed by atoms with Crippen LogP contribution >= 0.6 is 0 Å². The Hall–Kier alpha value is -0.160. The minimum absolute atomic E-state index is 0.579. The molecule has 2 atom stereocenters. The van der Waals surface area contributed by atoms with Crippen LogP contribution in [0.15, 0.2) is 0 Å². The van der Waals surface area contributed by atoms with Crippen LogP contribution in [0.1, 0.15) is 27.2 Å². The molecule has 3 saturated heterocycles. The van der Waals surface area contributed by atoms with E-state index in [-0.39, 0.29) is 0 Å². The highest BCUT2D eigenvalue weighted by atomic mass is 16.5. The third kappa shape index (κ3) is 3.67. The molecule has 0 aromatic heterocycles. The molecule has 3 heterocycles. The highest BCUT2D eigenvalue weighted by molar-refractivity contribution is 4.90. The van der Waals surface area contributed by atoms with Gasteiger partial charge in [0.05, 0.1) is 25.9 Å². The van der Waals surface area contributed by atoms with Crippen molar-refractivity contribution in [1.82, 2.24) is 9.80 Å². The molecule has 0 spiro atoms. The van der Waals surface area contributed by atoms with Crippen molar-refractivity contribution in [1.29, 1.82) is 0 Å². The summed E-state index contributed by atoms with van der Waals surface area (Å²) >= 11 is 0. The van der Waals surface area contributed by atoms with Crippen LogP contribution in [0.3, 0.4) is 0 Å². The van der Waals surface area contributed by atoms with E-state index in [1.54, 1.807) is 0 Å². The Kier molecular flexibility index (Phi) is 5.42. The summed E-state index contributed by atoms with van der Waals surface area (Å²) in [6.45, 7) is 14.1. The summed E-state index contributed by atoms with van der Waals surface area (Å²) in [4.78, 5) is 4.94. The van der Waals surface area contributed by atoms with E-state index in [9.17, 15) is 0 Å². The van der Waals surface area contributed by atoms with Gasteiger partial charge in [-0.2, -0.15) is 0 Å². The van der Waals surface area contributed by atoms with Crippen molar-refractivity contribution < 1.29 is 9.47 Å². The van der Waals surface area contributed by atoms with Crippen molar-refractivity contribution in [3.8, 4) is 0 Å². The minimum atomic E-state index is 0.579. The molecule has 0 N–H and O–H groups in total. The van der Waals surface area contributed by atoms with E-state index < -0.39 is 0 Å². The lowest BCUT2D eigenvalue weighted by molar-refractivity contribution is 0.0238. The maximum absolute atomic E-state index is 5.44. The second kappa shape index (κ2) is 6.85. The molecule has 0 aromatic carbocycles. The Morgan fingerprint density at radius 3 is 2.28 bits per heavy atom. The van der Waals surface area contributed by atoms with E-state index >= 15 is 0 Å². The summed E-state index contributed by atoms with van der Waals surface area (Å²) in [7, 11) is 0. The van der Waals surface area contributed by atoms with Crippen LogP contribution in [-0.4, -0.2) is 74.0 Å². The molecule has 4 nitrogen and oxygen atoms in total. The van der Waals surface area contributed by atoms with Crippen LogP contribution in [0, 0.1) is 0 Å². The van der Waals surface area contributed by atoms with E-state index in [4.69, 9.17) is 9.47 Å². The number of rotatable bonds is 2. The van der Waals surface area contributed by atoms with Crippen molar-refractivity contribution in [3.63, 3.8) is 0 Å². The number of morpholine rings is 2. The van der Waals surface area contributed by atoms with Gasteiger partial charge in [-0.15, -0.1) is 0 Å². The topological polar surface area (TPSA) is 24.9 Å². The fraction of sp³-hybridized carbons (Fsp3) is 1.00. The number of nitrogens with zero attached hydrogens (tertiary/aromatic N) is 2. The molecular formula is C14H28N2O2. The highest BCUT2D eigenvalue weighted by Crippen LogP contribution is 2.26. The Morgan fingerprint density at radius 2 is 1.94 bits per heavy atom. The molecule has 3 fully saturated rings. The Labute approximate surface area is 111 Å². The van der Waals surface area contributed by atoms with Crippen LogP contribution in [0.5, 0.6) is 0 Å². The van der Waals surface area contributed by atoms with E-state index in [2.05, 4.69) is 30.6 Å². The van der Waals surface area contributed by atoms with E-state index in [1.807, 2.05) is 0 Å². The molecule has 2 bridgehead atoms. The Morgan fingerprint density at radius 1 is 1.22 bits per heavy atom. The summed E-state index contributed by atoms with van der Waals surface area (Å²) in [5, 5.41) is 0. The van der Waals surface area contributed by atoms with E-state index in [0.29, 0.717) is 12.1 Å². The summed E-state index contributed by atoms with van der Waals surface area (Å²) in [6, 6.07) is 1.45. The standard InChI is InChI=1S/C7H13NO.C7H15NO/c1-2-8-4-7-3-6(8)5-9-7;1-7(2)8-3-5-9-6-4-8/h6-7H,2-5H2,1H3;7H,3-6H2,1-2H3/t6-,7-;/m1./s1. The predicted octanol–water partition coefficient (Wildman–Crippen LogP) is 1.21. The van der Waals surface area contributed by atoms with Gasteiger partial charge in [0.2, 0.25) is 0 Å². The highest BCUT2D eigenvalue weighted by Gasteiger charge is 2.37. The smallest absolute Gasteiger partial charge is 0.0718 e.